The lowest BCUT2D eigenvalue weighted by Gasteiger charge is -2.37. The average Bonchev–Trinajstić information content (AvgIpc) is 2.55. The lowest BCUT2D eigenvalue weighted by Crippen LogP contribution is -2.52. The molecule has 0 radical (unpaired) electrons. The molecule has 25 heavy (non-hydrogen) atoms. The van der Waals surface area contributed by atoms with Crippen LogP contribution in [0.2, 0.25) is 0 Å². The van der Waals surface area contributed by atoms with Gasteiger partial charge in [0.25, 0.3) is 5.92 Å². The first kappa shape index (κ1) is 19.6. The maximum Gasteiger partial charge on any atom is 0.410 e. The van der Waals surface area contributed by atoms with Gasteiger partial charge in [0.2, 0.25) is 10.0 Å². The first-order valence-electron chi connectivity index (χ1n) is 8.04. The standard InChI is InChI=1S/C16H22F2N2O4S/c1-2-19-25(22,23)12-14-10-20(9-8-16(14,17)18)15(21)24-11-13-6-4-3-5-7-13/h3-7,14,19H,2,8-12H2,1H3. The van der Waals surface area contributed by atoms with E-state index in [1.807, 2.05) is 6.07 Å². The number of alkyl halides is 2. The topological polar surface area (TPSA) is 75.7 Å². The number of likely N-dealkylation sites (tertiary alicyclic amines) is 1. The van der Waals surface area contributed by atoms with Crippen molar-refractivity contribution in [3.63, 3.8) is 0 Å². The smallest absolute Gasteiger partial charge is 0.410 e. The molecule has 1 unspecified atom stereocenters. The van der Waals surface area contributed by atoms with E-state index in [4.69, 9.17) is 4.74 Å². The molecule has 0 spiro atoms. The van der Waals surface area contributed by atoms with Gasteiger partial charge in [-0.3, -0.25) is 0 Å². The lowest BCUT2D eigenvalue weighted by molar-refractivity contribution is -0.0940. The molecule has 0 aromatic heterocycles. The van der Waals surface area contributed by atoms with Crippen LogP contribution in [0, 0.1) is 5.92 Å². The number of halogens is 2. The highest BCUT2D eigenvalue weighted by Gasteiger charge is 2.47. The fraction of sp³-hybridized carbons (Fsp3) is 0.562. The average molecular weight is 376 g/mol. The molecule has 6 nitrogen and oxygen atoms in total. The van der Waals surface area contributed by atoms with Crippen LogP contribution in [0.15, 0.2) is 30.3 Å². The monoisotopic (exact) mass is 376 g/mol. The summed E-state index contributed by atoms with van der Waals surface area (Å²) in [5.41, 5.74) is 0.782. The van der Waals surface area contributed by atoms with E-state index in [1.165, 1.54) is 0 Å². The molecule has 1 fully saturated rings. The van der Waals surface area contributed by atoms with Crippen molar-refractivity contribution in [1.29, 1.82) is 0 Å². The number of rotatable bonds is 6. The number of hydrogen-bond acceptors (Lipinski definition) is 4. The summed E-state index contributed by atoms with van der Waals surface area (Å²) in [7, 11) is -3.82. The summed E-state index contributed by atoms with van der Waals surface area (Å²) >= 11 is 0. The number of sulfonamides is 1. The fourth-order valence-corrected chi connectivity index (χ4v) is 4.11. The second-order valence-corrected chi connectivity index (χ2v) is 7.82. The van der Waals surface area contributed by atoms with E-state index < -0.39 is 40.1 Å². The van der Waals surface area contributed by atoms with Gasteiger partial charge in [0, 0.05) is 26.1 Å². The summed E-state index contributed by atoms with van der Waals surface area (Å²) < 4.78 is 59.0. The first-order chi connectivity index (χ1) is 11.7. The van der Waals surface area contributed by atoms with E-state index in [0.717, 1.165) is 10.5 Å². The highest BCUT2D eigenvalue weighted by molar-refractivity contribution is 7.89. The van der Waals surface area contributed by atoms with Crippen molar-refractivity contribution in [1.82, 2.24) is 9.62 Å². The van der Waals surface area contributed by atoms with Crippen LogP contribution in [0.1, 0.15) is 18.9 Å². The van der Waals surface area contributed by atoms with Crippen molar-refractivity contribution in [2.75, 3.05) is 25.4 Å². The Balaban J connectivity index is 1.97. The van der Waals surface area contributed by atoms with Gasteiger partial charge >= 0.3 is 6.09 Å². The van der Waals surface area contributed by atoms with E-state index >= 15 is 0 Å². The third-order valence-corrected chi connectivity index (χ3v) is 5.57. The molecule has 1 saturated heterocycles. The second-order valence-electron chi connectivity index (χ2n) is 5.97. The summed E-state index contributed by atoms with van der Waals surface area (Å²) in [5.74, 6) is -5.33. The van der Waals surface area contributed by atoms with Crippen LogP contribution in [0.3, 0.4) is 0 Å². The van der Waals surface area contributed by atoms with Gasteiger partial charge in [-0.1, -0.05) is 37.3 Å². The Morgan fingerprint density at radius 3 is 2.68 bits per heavy atom. The minimum atomic E-state index is -3.82. The van der Waals surface area contributed by atoms with Crippen molar-refractivity contribution in [2.24, 2.45) is 5.92 Å². The van der Waals surface area contributed by atoms with Crippen LogP contribution in [-0.4, -0.2) is 50.7 Å². The van der Waals surface area contributed by atoms with Crippen molar-refractivity contribution >= 4 is 16.1 Å². The van der Waals surface area contributed by atoms with Gasteiger partial charge in [0.1, 0.15) is 6.61 Å². The van der Waals surface area contributed by atoms with E-state index in [2.05, 4.69) is 4.72 Å². The van der Waals surface area contributed by atoms with Crippen molar-refractivity contribution in [3.05, 3.63) is 35.9 Å². The fourth-order valence-electron chi connectivity index (χ4n) is 2.67. The van der Waals surface area contributed by atoms with E-state index in [9.17, 15) is 22.0 Å². The van der Waals surface area contributed by atoms with Crippen LogP contribution >= 0.6 is 0 Å². The van der Waals surface area contributed by atoms with Crippen LogP contribution < -0.4 is 4.72 Å². The quantitative estimate of drug-likeness (QED) is 0.826. The molecule has 1 atom stereocenters. The maximum atomic E-state index is 14.1. The summed E-state index contributed by atoms with van der Waals surface area (Å²) in [6, 6.07) is 8.98. The molecule has 1 aromatic carbocycles. The van der Waals surface area contributed by atoms with E-state index in [-0.39, 0.29) is 26.2 Å². The van der Waals surface area contributed by atoms with Crippen LogP contribution in [-0.2, 0) is 21.4 Å². The molecule has 1 aliphatic heterocycles. The number of hydrogen-bond donors (Lipinski definition) is 1. The highest BCUT2D eigenvalue weighted by atomic mass is 32.2. The molecule has 140 valence electrons. The first-order valence-corrected chi connectivity index (χ1v) is 9.69. The van der Waals surface area contributed by atoms with Crippen molar-refractivity contribution < 1.29 is 26.7 Å². The van der Waals surface area contributed by atoms with Gasteiger partial charge in [-0.2, -0.15) is 0 Å². The highest BCUT2D eigenvalue weighted by Crippen LogP contribution is 2.34. The van der Waals surface area contributed by atoms with Gasteiger partial charge in [-0.15, -0.1) is 0 Å². The predicted octanol–water partition coefficient (Wildman–Crippen LogP) is 2.22. The predicted molar refractivity (Wildman–Crippen MR) is 88.7 cm³/mol. The van der Waals surface area contributed by atoms with Gasteiger partial charge < -0.3 is 9.64 Å². The molecular weight excluding hydrogens is 354 g/mol. The number of carbonyl (C=O) groups is 1. The molecule has 1 amide bonds. The number of ether oxygens (including phenoxy) is 1. The molecule has 0 aliphatic carbocycles. The normalized spacial score (nSPS) is 20.3. The van der Waals surface area contributed by atoms with Gasteiger partial charge in [0.05, 0.1) is 11.7 Å². The summed E-state index contributed by atoms with van der Waals surface area (Å²) in [6.45, 7) is 1.21. The zero-order chi connectivity index (χ0) is 18.5. The minimum absolute atomic E-state index is 0.0346. The summed E-state index contributed by atoms with van der Waals surface area (Å²) in [6.07, 6.45) is -1.30. The Morgan fingerprint density at radius 2 is 2.04 bits per heavy atom. The Labute approximate surface area is 146 Å². The zero-order valence-corrected chi connectivity index (χ0v) is 14.8. The molecule has 1 heterocycles. The molecule has 1 N–H and O–H groups in total. The minimum Gasteiger partial charge on any atom is -0.445 e. The largest absolute Gasteiger partial charge is 0.445 e. The Hall–Kier alpha value is -1.74. The Morgan fingerprint density at radius 1 is 1.36 bits per heavy atom. The second kappa shape index (κ2) is 8.09. The van der Waals surface area contributed by atoms with Crippen LogP contribution in [0.5, 0.6) is 0 Å². The number of nitrogens with one attached hydrogen (secondary N) is 1. The molecule has 1 aliphatic rings. The van der Waals surface area contributed by atoms with Crippen molar-refractivity contribution in [2.45, 2.75) is 25.9 Å². The lowest BCUT2D eigenvalue weighted by atomic mass is 9.95. The third-order valence-electron chi connectivity index (χ3n) is 4.00. The molecule has 9 heteroatoms. The molecular formula is C16H22F2N2O4S. The number of benzene rings is 1. The SMILES string of the molecule is CCNS(=O)(=O)CC1CN(C(=O)OCc2ccccc2)CCC1(F)F. The summed E-state index contributed by atoms with van der Waals surface area (Å²) in [5, 5.41) is 0. The summed E-state index contributed by atoms with van der Waals surface area (Å²) in [4.78, 5) is 13.3. The number of carbonyl (C=O) groups excluding carboxylic acids is 1. The van der Waals surface area contributed by atoms with Crippen LogP contribution in [0.4, 0.5) is 13.6 Å². The third kappa shape index (κ3) is 5.64. The number of piperidine rings is 1. The van der Waals surface area contributed by atoms with Gasteiger partial charge in [-0.05, 0) is 5.56 Å². The number of nitrogens with zero attached hydrogens (tertiary/aromatic N) is 1. The molecule has 0 saturated carbocycles. The van der Waals surface area contributed by atoms with Crippen LogP contribution in [0.25, 0.3) is 0 Å². The zero-order valence-electron chi connectivity index (χ0n) is 14.0. The Kier molecular flexibility index (Phi) is 6.34. The van der Waals surface area contributed by atoms with E-state index in [0.29, 0.717) is 0 Å². The van der Waals surface area contributed by atoms with Gasteiger partial charge in [-0.25, -0.2) is 26.7 Å². The Bertz CT molecular complexity index is 683. The maximum absolute atomic E-state index is 14.1. The van der Waals surface area contributed by atoms with Gasteiger partial charge in [0.15, 0.2) is 0 Å². The van der Waals surface area contributed by atoms with Crippen molar-refractivity contribution in [3.8, 4) is 0 Å². The molecule has 1 aromatic rings. The number of amides is 1. The van der Waals surface area contributed by atoms with E-state index in [1.54, 1.807) is 31.2 Å². The molecule has 0 bridgehead atoms. The molecule has 2 rings (SSSR count).